The second-order valence-corrected chi connectivity index (χ2v) is 8.67. The molecule has 2 aliphatic heterocycles. The van der Waals surface area contributed by atoms with E-state index in [1.165, 1.54) is 0 Å². The van der Waals surface area contributed by atoms with E-state index in [1.54, 1.807) is 21.5 Å². The minimum Gasteiger partial charge on any atom is -0.464 e. The number of hydrogen-bond acceptors (Lipinski definition) is 4. The molecule has 2 aromatic rings. The Labute approximate surface area is 146 Å². The van der Waals surface area contributed by atoms with Gasteiger partial charge >= 0.3 is 6.03 Å². The van der Waals surface area contributed by atoms with Gasteiger partial charge in [-0.3, -0.25) is 0 Å². The molecule has 134 valence electrons. The molecule has 2 saturated heterocycles. The number of nitrogens with zero attached hydrogens (tertiary/aromatic N) is 2. The fourth-order valence-corrected chi connectivity index (χ4v) is 5.44. The van der Waals surface area contributed by atoms with Crippen molar-refractivity contribution in [1.29, 1.82) is 0 Å². The maximum absolute atomic E-state index is 12.6. The Hall–Kier alpha value is -2.06. The minimum absolute atomic E-state index is 0.112. The summed E-state index contributed by atoms with van der Waals surface area (Å²) in [5.41, 5.74) is 1.39. The van der Waals surface area contributed by atoms with E-state index in [2.05, 4.69) is 5.32 Å². The van der Waals surface area contributed by atoms with Crippen LogP contribution in [-0.4, -0.2) is 55.1 Å². The Morgan fingerprint density at radius 1 is 1.20 bits per heavy atom. The molecule has 0 spiro atoms. The summed E-state index contributed by atoms with van der Waals surface area (Å²) in [4.78, 5) is 14.3. The van der Waals surface area contributed by atoms with E-state index in [-0.39, 0.29) is 17.8 Å². The first kappa shape index (κ1) is 16.4. The van der Waals surface area contributed by atoms with Gasteiger partial charge in [0.15, 0.2) is 0 Å². The van der Waals surface area contributed by atoms with Crippen LogP contribution in [0.2, 0.25) is 0 Å². The van der Waals surface area contributed by atoms with Crippen LogP contribution in [0.4, 0.5) is 10.5 Å². The third-order valence-electron chi connectivity index (χ3n) is 4.94. The standard InChI is InChI=1S/C17H21N3O4S/c21-17(18-14-5-4-13-6-9-24-16(13)11-14)19-7-1-3-15(12-19)20-8-2-10-25(20,22)23/h4-6,9,11,15H,1-3,7-8,10,12H2,(H,18,21)/t15-/m1/s1. The van der Waals surface area contributed by atoms with Gasteiger partial charge in [0, 0.05) is 42.8 Å². The minimum atomic E-state index is -3.15. The number of urea groups is 1. The summed E-state index contributed by atoms with van der Waals surface area (Å²) in [6, 6.07) is 7.07. The molecule has 1 atom stereocenters. The van der Waals surface area contributed by atoms with Crippen molar-refractivity contribution in [3.8, 4) is 0 Å². The van der Waals surface area contributed by atoms with Gasteiger partial charge in [-0.25, -0.2) is 13.2 Å². The molecule has 2 aliphatic rings. The van der Waals surface area contributed by atoms with Gasteiger partial charge < -0.3 is 14.6 Å². The monoisotopic (exact) mass is 363 g/mol. The molecule has 0 aliphatic carbocycles. The van der Waals surface area contributed by atoms with Crippen molar-refractivity contribution in [2.24, 2.45) is 0 Å². The summed E-state index contributed by atoms with van der Waals surface area (Å²) in [7, 11) is -3.15. The Morgan fingerprint density at radius 3 is 2.88 bits per heavy atom. The number of fused-ring (bicyclic) bond motifs is 1. The number of anilines is 1. The van der Waals surface area contributed by atoms with Crippen molar-refractivity contribution in [2.45, 2.75) is 25.3 Å². The van der Waals surface area contributed by atoms with E-state index in [0.29, 0.717) is 31.7 Å². The molecule has 0 unspecified atom stereocenters. The second kappa shape index (κ2) is 6.34. The van der Waals surface area contributed by atoms with Gasteiger partial charge in [-0.1, -0.05) is 0 Å². The molecular formula is C17H21N3O4S. The van der Waals surface area contributed by atoms with Gasteiger partial charge in [0.2, 0.25) is 10.0 Å². The van der Waals surface area contributed by atoms with Crippen molar-refractivity contribution in [3.63, 3.8) is 0 Å². The van der Waals surface area contributed by atoms with Gasteiger partial charge in [-0.15, -0.1) is 0 Å². The summed E-state index contributed by atoms with van der Waals surface area (Å²) in [6.07, 6.45) is 3.90. The molecule has 7 nitrogen and oxygen atoms in total. The van der Waals surface area contributed by atoms with E-state index >= 15 is 0 Å². The Bertz CT molecular complexity index is 892. The quantitative estimate of drug-likeness (QED) is 0.888. The van der Waals surface area contributed by atoms with Gasteiger partial charge in [0.25, 0.3) is 0 Å². The Balaban J connectivity index is 1.44. The Kier molecular flexibility index (Phi) is 4.16. The maximum atomic E-state index is 12.6. The molecule has 25 heavy (non-hydrogen) atoms. The summed E-state index contributed by atoms with van der Waals surface area (Å²) in [5, 5.41) is 3.87. The number of rotatable bonds is 2. The number of hydrogen-bond donors (Lipinski definition) is 1. The first-order chi connectivity index (χ1) is 12.0. The fraction of sp³-hybridized carbons (Fsp3) is 0.471. The molecule has 1 N–H and O–H groups in total. The van der Waals surface area contributed by atoms with Crippen molar-refractivity contribution < 1.29 is 17.6 Å². The highest BCUT2D eigenvalue weighted by Gasteiger charge is 2.37. The van der Waals surface area contributed by atoms with E-state index in [0.717, 1.165) is 23.8 Å². The molecule has 2 fully saturated rings. The van der Waals surface area contributed by atoms with Crippen LogP contribution in [0.1, 0.15) is 19.3 Å². The lowest BCUT2D eigenvalue weighted by Gasteiger charge is -2.36. The molecule has 1 aromatic carbocycles. The number of furan rings is 1. The molecule has 0 radical (unpaired) electrons. The van der Waals surface area contributed by atoms with Gasteiger partial charge in [-0.05, 0) is 37.5 Å². The zero-order chi connectivity index (χ0) is 17.4. The number of amides is 2. The van der Waals surface area contributed by atoms with Crippen LogP contribution in [-0.2, 0) is 10.0 Å². The summed E-state index contributed by atoms with van der Waals surface area (Å²) >= 11 is 0. The van der Waals surface area contributed by atoms with Gasteiger partial charge in [-0.2, -0.15) is 4.31 Å². The predicted octanol–water partition coefficient (Wildman–Crippen LogP) is 2.46. The molecular weight excluding hydrogens is 342 g/mol. The number of nitrogens with one attached hydrogen (secondary N) is 1. The first-order valence-corrected chi connectivity index (χ1v) is 10.2. The van der Waals surface area contributed by atoms with Crippen LogP contribution in [0.5, 0.6) is 0 Å². The first-order valence-electron chi connectivity index (χ1n) is 8.56. The van der Waals surface area contributed by atoms with Crippen LogP contribution in [0.25, 0.3) is 11.0 Å². The van der Waals surface area contributed by atoms with Crippen LogP contribution >= 0.6 is 0 Å². The number of sulfonamides is 1. The SMILES string of the molecule is O=C(Nc1ccc2ccoc2c1)N1CCC[C@@H](N2CCCS2(=O)=O)C1. The molecule has 1 aromatic heterocycles. The van der Waals surface area contributed by atoms with Crippen molar-refractivity contribution >= 4 is 32.7 Å². The van der Waals surface area contributed by atoms with Crippen LogP contribution < -0.4 is 5.32 Å². The largest absolute Gasteiger partial charge is 0.464 e. The molecule has 2 amide bonds. The highest BCUT2D eigenvalue weighted by Crippen LogP contribution is 2.25. The number of benzene rings is 1. The van der Waals surface area contributed by atoms with E-state index in [9.17, 15) is 13.2 Å². The van der Waals surface area contributed by atoms with Gasteiger partial charge in [0.1, 0.15) is 5.58 Å². The van der Waals surface area contributed by atoms with Crippen LogP contribution in [0.3, 0.4) is 0 Å². The lowest BCUT2D eigenvalue weighted by molar-refractivity contribution is 0.163. The fourth-order valence-electron chi connectivity index (χ4n) is 3.68. The van der Waals surface area contributed by atoms with Crippen LogP contribution in [0, 0.1) is 0 Å². The summed E-state index contributed by atoms with van der Waals surface area (Å²) in [5.74, 6) is 0.221. The smallest absolute Gasteiger partial charge is 0.321 e. The molecule has 4 rings (SSSR count). The number of piperidine rings is 1. The average Bonchev–Trinajstić information content (AvgIpc) is 3.20. The zero-order valence-electron chi connectivity index (χ0n) is 13.8. The number of carbonyl (C=O) groups excluding carboxylic acids is 1. The predicted molar refractivity (Wildman–Crippen MR) is 94.9 cm³/mol. The second-order valence-electron chi connectivity index (χ2n) is 6.63. The topological polar surface area (TPSA) is 82.9 Å². The van der Waals surface area contributed by atoms with Crippen molar-refractivity contribution in [2.75, 3.05) is 30.7 Å². The maximum Gasteiger partial charge on any atom is 0.321 e. The van der Waals surface area contributed by atoms with Gasteiger partial charge in [0.05, 0.1) is 12.0 Å². The summed E-state index contributed by atoms with van der Waals surface area (Å²) in [6.45, 7) is 1.64. The zero-order valence-corrected chi connectivity index (χ0v) is 14.7. The molecule has 3 heterocycles. The highest BCUT2D eigenvalue weighted by atomic mass is 32.2. The number of carbonyl (C=O) groups is 1. The van der Waals surface area contributed by atoms with Crippen LogP contribution in [0.15, 0.2) is 34.9 Å². The average molecular weight is 363 g/mol. The van der Waals surface area contributed by atoms with Crippen molar-refractivity contribution in [1.82, 2.24) is 9.21 Å². The third-order valence-corrected chi connectivity index (χ3v) is 6.94. The highest BCUT2D eigenvalue weighted by molar-refractivity contribution is 7.89. The normalized spacial score (nSPS) is 23.8. The molecule has 8 heteroatoms. The third kappa shape index (κ3) is 3.23. The van der Waals surface area contributed by atoms with E-state index < -0.39 is 10.0 Å². The Morgan fingerprint density at radius 2 is 2.08 bits per heavy atom. The lowest BCUT2D eigenvalue weighted by Crippen LogP contribution is -2.51. The molecule has 0 bridgehead atoms. The van der Waals surface area contributed by atoms with E-state index in [1.807, 2.05) is 18.2 Å². The van der Waals surface area contributed by atoms with Crippen molar-refractivity contribution in [3.05, 3.63) is 30.5 Å². The molecule has 0 saturated carbocycles. The number of likely N-dealkylation sites (tertiary alicyclic amines) is 1. The van der Waals surface area contributed by atoms with E-state index in [4.69, 9.17) is 4.42 Å². The summed E-state index contributed by atoms with van der Waals surface area (Å²) < 4.78 is 31.2. The lowest BCUT2D eigenvalue weighted by atomic mass is 10.1.